The average Bonchev–Trinajstić information content (AvgIpc) is 3.42. The second kappa shape index (κ2) is 7.57. The highest BCUT2D eigenvalue weighted by Crippen LogP contribution is 2.32. The Bertz CT molecular complexity index is 1560. The Kier molecular flexibility index (Phi) is 4.30. The fourth-order valence-electron chi connectivity index (χ4n) is 4.08. The first-order chi connectivity index (χ1) is 15.9. The van der Waals surface area contributed by atoms with E-state index in [1.165, 1.54) is 0 Å². The van der Waals surface area contributed by atoms with Crippen LogP contribution in [0.15, 0.2) is 109 Å². The van der Waals surface area contributed by atoms with E-state index in [-0.39, 0.29) is 0 Å². The van der Waals surface area contributed by atoms with E-state index < -0.39 is 0 Å². The van der Waals surface area contributed by atoms with E-state index in [1.54, 1.807) is 0 Å². The minimum absolute atomic E-state index is 0.766. The van der Waals surface area contributed by atoms with Crippen LogP contribution in [0, 0.1) is 11.8 Å². The van der Waals surface area contributed by atoms with Crippen LogP contribution >= 0.6 is 0 Å². The third-order valence-corrected chi connectivity index (χ3v) is 5.55. The third-order valence-electron chi connectivity index (χ3n) is 5.55. The summed E-state index contributed by atoms with van der Waals surface area (Å²) in [5.74, 6) is 6.67. The van der Waals surface area contributed by atoms with Gasteiger partial charge in [0.1, 0.15) is 17.1 Å². The molecule has 3 aromatic carbocycles. The van der Waals surface area contributed by atoms with E-state index in [9.17, 15) is 0 Å². The number of benzene rings is 3. The molecule has 0 spiro atoms. The Morgan fingerprint density at radius 2 is 1.31 bits per heavy atom. The van der Waals surface area contributed by atoms with Crippen LogP contribution in [0.2, 0.25) is 0 Å². The summed E-state index contributed by atoms with van der Waals surface area (Å²) in [4.78, 5) is 0. The highest BCUT2D eigenvalue weighted by molar-refractivity contribution is 5.98. The van der Waals surface area contributed by atoms with Gasteiger partial charge in [-0.3, -0.25) is 0 Å². The third kappa shape index (κ3) is 2.96. The Morgan fingerprint density at radius 1 is 0.625 bits per heavy atom. The maximum Gasteiger partial charge on any atom is 0.145 e. The summed E-state index contributed by atoms with van der Waals surface area (Å²) in [6.07, 6.45) is 2.07. The summed E-state index contributed by atoms with van der Waals surface area (Å²) in [5.41, 5.74) is 6.64. The molecule has 0 N–H and O–H groups in total. The van der Waals surface area contributed by atoms with Gasteiger partial charge < -0.3 is 4.40 Å². The molecule has 32 heavy (non-hydrogen) atoms. The lowest BCUT2D eigenvalue weighted by atomic mass is 10.1. The van der Waals surface area contributed by atoms with Crippen molar-refractivity contribution in [2.45, 2.75) is 0 Å². The van der Waals surface area contributed by atoms with Crippen LogP contribution in [0.1, 0.15) is 11.3 Å². The van der Waals surface area contributed by atoms with Gasteiger partial charge in [0.25, 0.3) is 0 Å². The van der Waals surface area contributed by atoms with Crippen molar-refractivity contribution < 1.29 is 0 Å². The second-order valence-corrected chi connectivity index (χ2v) is 7.50. The Balaban J connectivity index is 1.66. The molecule has 3 heterocycles. The molecular weight excluding hydrogens is 392 g/mol. The summed E-state index contributed by atoms with van der Waals surface area (Å²) in [6, 6.07) is 34.6. The lowest BCUT2D eigenvalue weighted by molar-refractivity contribution is 0.806. The Morgan fingerprint density at radius 3 is 2.16 bits per heavy atom. The molecule has 6 rings (SSSR count). The highest BCUT2D eigenvalue weighted by atomic mass is 15.4. The molecular formula is C28H18N4. The van der Waals surface area contributed by atoms with Gasteiger partial charge in [-0.15, -0.1) is 5.10 Å². The molecule has 0 fully saturated rings. The van der Waals surface area contributed by atoms with Crippen molar-refractivity contribution in [2.75, 3.05) is 0 Å². The van der Waals surface area contributed by atoms with Crippen molar-refractivity contribution in [1.82, 2.24) is 19.4 Å². The first-order valence-electron chi connectivity index (χ1n) is 10.5. The molecule has 4 nitrogen and oxygen atoms in total. The molecule has 3 aromatic heterocycles. The monoisotopic (exact) mass is 410 g/mol. The first kappa shape index (κ1) is 18.2. The van der Waals surface area contributed by atoms with Crippen LogP contribution < -0.4 is 0 Å². The van der Waals surface area contributed by atoms with E-state index in [4.69, 9.17) is 0 Å². The molecule has 0 amide bonds. The van der Waals surface area contributed by atoms with E-state index >= 15 is 0 Å². The molecule has 150 valence electrons. The van der Waals surface area contributed by atoms with Crippen molar-refractivity contribution in [3.8, 4) is 28.8 Å². The standard InChI is InChI=1S/C28H18N4/c1-3-11-21(12-4-1)18-19-25-27(22-13-5-2-6-14-22)29-30-32(25)28-23-15-7-8-16-24(23)31-20-10-9-17-26(28)31/h1-17,20H. The quantitative estimate of drug-likeness (QED) is 0.341. The fourth-order valence-corrected chi connectivity index (χ4v) is 4.08. The van der Waals surface area contributed by atoms with Crippen LogP contribution in [0.25, 0.3) is 33.4 Å². The molecule has 0 atom stereocenters. The number of hydrogen-bond donors (Lipinski definition) is 0. The van der Waals surface area contributed by atoms with Gasteiger partial charge in [-0.25, -0.2) is 4.68 Å². The molecule has 0 radical (unpaired) electrons. The highest BCUT2D eigenvalue weighted by Gasteiger charge is 2.20. The molecule has 4 heteroatoms. The zero-order valence-electron chi connectivity index (χ0n) is 17.2. The van der Waals surface area contributed by atoms with Crippen molar-refractivity contribution in [3.63, 3.8) is 0 Å². The summed E-state index contributed by atoms with van der Waals surface area (Å²) in [5, 5.41) is 10.3. The van der Waals surface area contributed by atoms with Crippen molar-refractivity contribution in [2.24, 2.45) is 0 Å². The molecule has 0 aliphatic carbocycles. The number of pyridine rings is 1. The average molecular weight is 410 g/mol. The molecule has 0 aliphatic heterocycles. The number of rotatable bonds is 2. The van der Waals surface area contributed by atoms with Crippen LogP contribution in [0.3, 0.4) is 0 Å². The maximum atomic E-state index is 4.60. The van der Waals surface area contributed by atoms with Crippen LogP contribution in [0.5, 0.6) is 0 Å². The molecule has 6 aromatic rings. The minimum atomic E-state index is 0.766. The number of hydrogen-bond acceptors (Lipinski definition) is 2. The molecule has 0 bridgehead atoms. The SMILES string of the molecule is C(#Cc1c(-c2ccccc2)nnn1-c1c2ccccc2n2ccccc12)c1ccccc1. The smallest absolute Gasteiger partial charge is 0.145 e. The van der Waals surface area contributed by atoms with Crippen molar-refractivity contribution >= 4 is 16.4 Å². The summed E-state index contributed by atoms with van der Waals surface area (Å²) >= 11 is 0. The van der Waals surface area contributed by atoms with Crippen molar-refractivity contribution in [3.05, 3.63) is 121 Å². The van der Waals surface area contributed by atoms with E-state index in [2.05, 4.69) is 63.1 Å². The number of nitrogens with zero attached hydrogens (tertiary/aromatic N) is 4. The van der Waals surface area contributed by atoms with Gasteiger partial charge in [-0.1, -0.05) is 83.9 Å². The minimum Gasteiger partial charge on any atom is -0.314 e. The van der Waals surface area contributed by atoms with E-state index in [0.717, 1.165) is 44.6 Å². The van der Waals surface area contributed by atoms with E-state index in [1.807, 2.05) is 77.5 Å². The number of fused-ring (bicyclic) bond motifs is 3. The zero-order valence-corrected chi connectivity index (χ0v) is 17.2. The molecule has 0 saturated carbocycles. The van der Waals surface area contributed by atoms with Crippen LogP contribution in [0.4, 0.5) is 0 Å². The topological polar surface area (TPSA) is 35.1 Å². The predicted molar refractivity (Wildman–Crippen MR) is 128 cm³/mol. The normalized spacial score (nSPS) is 10.9. The summed E-state index contributed by atoms with van der Waals surface area (Å²) in [7, 11) is 0. The largest absolute Gasteiger partial charge is 0.314 e. The maximum absolute atomic E-state index is 4.60. The summed E-state index contributed by atoms with van der Waals surface area (Å²) in [6.45, 7) is 0. The fraction of sp³-hybridized carbons (Fsp3) is 0. The lowest BCUT2D eigenvalue weighted by Gasteiger charge is -2.04. The second-order valence-electron chi connectivity index (χ2n) is 7.50. The summed E-state index contributed by atoms with van der Waals surface area (Å²) < 4.78 is 4.07. The van der Waals surface area contributed by atoms with Gasteiger partial charge in [-0.05, 0) is 36.3 Å². The Hall–Kier alpha value is -4.62. The van der Waals surface area contributed by atoms with Crippen LogP contribution in [-0.4, -0.2) is 19.4 Å². The van der Waals surface area contributed by atoms with Gasteiger partial charge in [0, 0.05) is 22.7 Å². The lowest BCUT2D eigenvalue weighted by Crippen LogP contribution is -2.00. The Labute approximate surface area is 185 Å². The first-order valence-corrected chi connectivity index (χ1v) is 10.5. The van der Waals surface area contributed by atoms with Crippen LogP contribution in [-0.2, 0) is 0 Å². The number of para-hydroxylation sites is 1. The van der Waals surface area contributed by atoms with Gasteiger partial charge in [0.15, 0.2) is 0 Å². The van der Waals surface area contributed by atoms with Gasteiger partial charge in [0.05, 0.1) is 11.0 Å². The van der Waals surface area contributed by atoms with E-state index in [0.29, 0.717) is 0 Å². The molecule has 0 unspecified atom stereocenters. The predicted octanol–water partition coefficient (Wildman–Crippen LogP) is 5.74. The zero-order chi connectivity index (χ0) is 21.3. The molecule has 0 saturated heterocycles. The molecule has 0 aliphatic rings. The van der Waals surface area contributed by atoms with Crippen molar-refractivity contribution in [1.29, 1.82) is 0 Å². The number of aromatic nitrogens is 4. The van der Waals surface area contributed by atoms with Gasteiger partial charge in [-0.2, -0.15) is 0 Å². The van der Waals surface area contributed by atoms with Gasteiger partial charge in [0.2, 0.25) is 0 Å². The van der Waals surface area contributed by atoms with Gasteiger partial charge >= 0.3 is 0 Å².